The second kappa shape index (κ2) is 7.60. The minimum atomic E-state index is -0.881. The van der Waals surface area contributed by atoms with Gasteiger partial charge in [-0.15, -0.1) is 0 Å². The van der Waals surface area contributed by atoms with E-state index >= 15 is 0 Å². The number of aryl methyl sites for hydroxylation is 2. The number of hydrogen-bond acceptors (Lipinski definition) is 3. The normalized spacial score (nSPS) is 19.4. The Morgan fingerprint density at radius 1 is 1.12 bits per heavy atom. The maximum atomic E-state index is 12.4. The third-order valence-corrected chi connectivity index (χ3v) is 4.93. The summed E-state index contributed by atoms with van der Waals surface area (Å²) >= 11 is 0. The summed E-state index contributed by atoms with van der Waals surface area (Å²) in [5, 5.41) is 9.62. The molecule has 1 fully saturated rings. The van der Waals surface area contributed by atoms with E-state index in [2.05, 4.69) is 0 Å². The summed E-state index contributed by atoms with van der Waals surface area (Å²) in [4.78, 5) is 25.7. The number of carbonyl (C=O) groups excluding carboxylic acids is 1. The Balaban J connectivity index is 1.72. The van der Waals surface area contributed by atoms with Crippen molar-refractivity contribution in [1.29, 1.82) is 0 Å². The second-order valence-electron chi connectivity index (χ2n) is 6.86. The van der Waals surface area contributed by atoms with E-state index < -0.39 is 18.0 Å². The number of carbonyl (C=O) groups is 2. The standard InChI is InChI=1S/C21H23NO4/c1-14-8-9-17(15(2)10-14)18-11-22(12-19(18)20(23)24)21(25)26-13-16-6-4-3-5-7-16/h3-10,18-19H,11-13H2,1-2H3,(H,23,24). The molecule has 5 nitrogen and oxygen atoms in total. The number of hydrogen-bond donors (Lipinski definition) is 1. The second-order valence-corrected chi connectivity index (χ2v) is 6.86. The zero-order valence-corrected chi connectivity index (χ0v) is 15.0. The number of carboxylic acids is 1. The summed E-state index contributed by atoms with van der Waals surface area (Å²) in [6, 6.07) is 15.4. The van der Waals surface area contributed by atoms with Crippen LogP contribution >= 0.6 is 0 Å². The molecule has 0 bridgehead atoms. The summed E-state index contributed by atoms with van der Waals surface area (Å²) in [6.07, 6.45) is -0.465. The van der Waals surface area contributed by atoms with Gasteiger partial charge < -0.3 is 14.7 Å². The van der Waals surface area contributed by atoms with Crippen LogP contribution in [0.1, 0.15) is 28.2 Å². The first-order valence-corrected chi connectivity index (χ1v) is 8.71. The number of ether oxygens (including phenoxy) is 1. The monoisotopic (exact) mass is 353 g/mol. The quantitative estimate of drug-likeness (QED) is 0.909. The summed E-state index contributed by atoms with van der Waals surface area (Å²) in [5.74, 6) is -1.73. The first kappa shape index (κ1) is 18.0. The van der Waals surface area contributed by atoms with Crippen molar-refractivity contribution >= 4 is 12.1 Å². The highest BCUT2D eigenvalue weighted by molar-refractivity contribution is 5.76. The van der Waals surface area contributed by atoms with Crippen molar-refractivity contribution in [3.05, 3.63) is 70.8 Å². The minimum absolute atomic E-state index is 0.168. The minimum Gasteiger partial charge on any atom is -0.481 e. The van der Waals surface area contributed by atoms with E-state index in [-0.39, 0.29) is 19.1 Å². The fraction of sp³-hybridized carbons (Fsp3) is 0.333. The molecule has 2 aromatic carbocycles. The molecular weight excluding hydrogens is 330 g/mol. The predicted octanol–water partition coefficient (Wildman–Crippen LogP) is 3.74. The molecule has 0 spiro atoms. The molecule has 26 heavy (non-hydrogen) atoms. The van der Waals surface area contributed by atoms with E-state index in [1.165, 1.54) is 4.90 Å². The van der Waals surface area contributed by atoms with Crippen molar-refractivity contribution in [1.82, 2.24) is 4.90 Å². The van der Waals surface area contributed by atoms with E-state index in [9.17, 15) is 14.7 Å². The molecule has 1 aliphatic rings. The number of benzene rings is 2. The molecule has 1 aliphatic heterocycles. The summed E-state index contributed by atoms with van der Waals surface area (Å²) in [5.41, 5.74) is 4.08. The molecule has 1 saturated heterocycles. The van der Waals surface area contributed by atoms with E-state index in [0.717, 1.165) is 22.3 Å². The molecule has 1 heterocycles. The van der Waals surface area contributed by atoms with Crippen LogP contribution in [-0.2, 0) is 16.1 Å². The van der Waals surface area contributed by atoms with E-state index in [0.29, 0.717) is 6.54 Å². The average Bonchev–Trinajstić information content (AvgIpc) is 3.06. The van der Waals surface area contributed by atoms with Crippen LogP contribution in [0.3, 0.4) is 0 Å². The molecular formula is C21H23NO4. The molecule has 5 heteroatoms. The highest BCUT2D eigenvalue weighted by Crippen LogP contribution is 2.35. The Labute approximate surface area is 153 Å². The average molecular weight is 353 g/mol. The third kappa shape index (κ3) is 3.87. The summed E-state index contributed by atoms with van der Waals surface area (Å²) < 4.78 is 5.37. The number of likely N-dealkylation sites (tertiary alicyclic amines) is 1. The number of rotatable bonds is 4. The van der Waals surface area contributed by atoms with Gasteiger partial charge in [0.15, 0.2) is 0 Å². The third-order valence-electron chi connectivity index (χ3n) is 4.93. The smallest absolute Gasteiger partial charge is 0.410 e. The van der Waals surface area contributed by atoms with Gasteiger partial charge in [0, 0.05) is 19.0 Å². The first-order valence-electron chi connectivity index (χ1n) is 8.71. The van der Waals surface area contributed by atoms with Crippen molar-refractivity contribution in [2.24, 2.45) is 5.92 Å². The molecule has 0 saturated carbocycles. The topological polar surface area (TPSA) is 66.8 Å². The lowest BCUT2D eigenvalue weighted by Gasteiger charge is -2.18. The van der Waals surface area contributed by atoms with Crippen LogP contribution in [0.2, 0.25) is 0 Å². The predicted molar refractivity (Wildman–Crippen MR) is 98.0 cm³/mol. The lowest BCUT2D eigenvalue weighted by Crippen LogP contribution is -2.30. The number of amides is 1. The van der Waals surface area contributed by atoms with Gasteiger partial charge in [-0.25, -0.2) is 4.79 Å². The molecule has 3 rings (SSSR count). The fourth-order valence-electron chi connectivity index (χ4n) is 3.57. The van der Waals surface area contributed by atoms with Crippen LogP contribution in [0.4, 0.5) is 4.79 Å². The number of nitrogens with zero attached hydrogens (tertiary/aromatic N) is 1. The zero-order valence-electron chi connectivity index (χ0n) is 15.0. The molecule has 1 amide bonds. The van der Waals surface area contributed by atoms with Gasteiger partial charge in [0.05, 0.1) is 5.92 Å². The van der Waals surface area contributed by atoms with Gasteiger partial charge in [-0.2, -0.15) is 0 Å². The maximum Gasteiger partial charge on any atom is 0.410 e. The lowest BCUT2D eigenvalue weighted by atomic mass is 9.86. The Bertz CT molecular complexity index is 803. The van der Waals surface area contributed by atoms with E-state index in [1.807, 2.05) is 62.4 Å². The molecule has 0 aromatic heterocycles. The first-order chi connectivity index (χ1) is 12.5. The molecule has 0 aliphatic carbocycles. The van der Waals surface area contributed by atoms with Crippen molar-refractivity contribution < 1.29 is 19.4 Å². The Hall–Kier alpha value is -2.82. The van der Waals surface area contributed by atoms with Crippen molar-refractivity contribution in [2.45, 2.75) is 26.4 Å². The molecule has 2 aromatic rings. The van der Waals surface area contributed by atoms with Gasteiger partial charge in [-0.3, -0.25) is 4.79 Å². The highest BCUT2D eigenvalue weighted by Gasteiger charge is 2.41. The van der Waals surface area contributed by atoms with Gasteiger partial charge >= 0.3 is 12.1 Å². The molecule has 0 radical (unpaired) electrons. The molecule has 136 valence electrons. The Morgan fingerprint density at radius 2 is 1.85 bits per heavy atom. The number of aliphatic carboxylic acids is 1. The largest absolute Gasteiger partial charge is 0.481 e. The molecule has 1 N–H and O–H groups in total. The van der Waals surface area contributed by atoms with Crippen LogP contribution in [0.25, 0.3) is 0 Å². The Kier molecular flexibility index (Phi) is 5.26. The molecule has 2 atom stereocenters. The van der Waals surface area contributed by atoms with Gasteiger partial charge in [-0.05, 0) is 30.5 Å². The van der Waals surface area contributed by atoms with Gasteiger partial charge in [-0.1, -0.05) is 54.1 Å². The van der Waals surface area contributed by atoms with E-state index in [4.69, 9.17) is 4.74 Å². The maximum absolute atomic E-state index is 12.4. The highest BCUT2D eigenvalue weighted by atomic mass is 16.6. The zero-order chi connectivity index (χ0) is 18.7. The Morgan fingerprint density at radius 3 is 2.50 bits per heavy atom. The lowest BCUT2D eigenvalue weighted by molar-refractivity contribution is -0.141. The van der Waals surface area contributed by atoms with Gasteiger partial charge in [0.1, 0.15) is 6.61 Å². The van der Waals surface area contributed by atoms with Crippen LogP contribution < -0.4 is 0 Å². The summed E-state index contributed by atoms with van der Waals surface area (Å²) in [6.45, 7) is 4.70. The van der Waals surface area contributed by atoms with Crippen molar-refractivity contribution in [3.8, 4) is 0 Å². The SMILES string of the molecule is Cc1ccc(C2CN(C(=O)OCc3ccccc3)CC2C(=O)O)c(C)c1. The number of carboxylic acid groups (broad SMARTS) is 1. The van der Waals surface area contributed by atoms with E-state index in [1.54, 1.807) is 0 Å². The van der Waals surface area contributed by atoms with Crippen LogP contribution in [0.15, 0.2) is 48.5 Å². The summed E-state index contributed by atoms with van der Waals surface area (Å²) in [7, 11) is 0. The van der Waals surface area contributed by atoms with Gasteiger partial charge in [0.25, 0.3) is 0 Å². The van der Waals surface area contributed by atoms with Crippen LogP contribution in [0.5, 0.6) is 0 Å². The van der Waals surface area contributed by atoms with Crippen LogP contribution in [0, 0.1) is 19.8 Å². The van der Waals surface area contributed by atoms with Crippen LogP contribution in [-0.4, -0.2) is 35.2 Å². The van der Waals surface area contributed by atoms with Gasteiger partial charge in [0.2, 0.25) is 0 Å². The fourth-order valence-corrected chi connectivity index (χ4v) is 3.57. The van der Waals surface area contributed by atoms with Crippen molar-refractivity contribution in [3.63, 3.8) is 0 Å². The van der Waals surface area contributed by atoms with Crippen molar-refractivity contribution in [2.75, 3.05) is 13.1 Å². The molecule has 2 unspecified atom stereocenters.